The van der Waals surface area contributed by atoms with Gasteiger partial charge in [0.2, 0.25) is 59.1 Å². The van der Waals surface area contributed by atoms with Crippen LogP contribution in [0.1, 0.15) is 154 Å². The number of benzene rings is 1. The maximum Gasteiger partial charge on any atom is 0.414 e. The number of nitrogens with zero attached hydrogens (tertiary/aromatic N) is 1. The van der Waals surface area contributed by atoms with Crippen LogP contribution < -0.4 is 74.9 Å². The van der Waals surface area contributed by atoms with E-state index >= 15 is 0 Å². The number of hydrogen-bond donors (Lipinski definition) is 16. The second-order valence-electron chi connectivity index (χ2n) is 28.2. The molecule has 0 aromatic heterocycles. The molecule has 1 aromatic rings. The zero-order valence-corrected chi connectivity index (χ0v) is 60.0. The Hall–Kier alpha value is -9.12. The zero-order chi connectivity index (χ0) is 75.6. The molecular formula is C65H107N15O20. The normalized spacial score (nSPS) is 22.0. The summed E-state index contributed by atoms with van der Waals surface area (Å²) in [4.78, 5) is 196. The summed E-state index contributed by atoms with van der Waals surface area (Å²) >= 11 is 0. The maximum atomic E-state index is 14.9. The Morgan fingerprint density at radius 3 is 1.52 bits per heavy atom. The number of cyclic esters (lactones) is 1. The lowest BCUT2D eigenvalue weighted by atomic mass is 10.00. The van der Waals surface area contributed by atoms with E-state index in [9.17, 15) is 77.3 Å². The van der Waals surface area contributed by atoms with E-state index in [-0.39, 0.29) is 70.6 Å². The second kappa shape index (κ2) is 39.0. The largest absolute Gasteiger partial charge is 0.444 e. The van der Waals surface area contributed by atoms with Crippen molar-refractivity contribution in [3.63, 3.8) is 0 Å². The summed E-state index contributed by atoms with van der Waals surface area (Å²) in [6.07, 6.45) is -7.19. The topological polar surface area (TPSA) is 502 Å². The molecule has 0 saturated carbocycles. The molecule has 2 aliphatic rings. The van der Waals surface area contributed by atoms with Crippen LogP contribution in [0.3, 0.4) is 0 Å². The first-order valence-electron chi connectivity index (χ1n) is 33.4. The molecule has 35 nitrogen and oxygen atoms in total. The van der Waals surface area contributed by atoms with Crippen LogP contribution in [-0.2, 0) is 73.3 Å². The number of aliphatic hydroxyl groups excluding tert-OH is 2. The van der Waals surface area contributed by atoms with E-state index in [0.29, 0.717) is 5.56 Å². The lowest BCUT2D eigenvalue weighted by molar-refractivity contribution is -0.163. The van der Waals surface area contributed by atoms with E-state index < -0.39 is 198 Å². The van der Waals surface area contributed by atoms with Crippen molar-refractivity contribution in [3.8, 4) is 0 Å². The van der Waals surface area contributed by atoms with Gasteiger partial charge in [0.05, 0.1) is 18.8 Å². The van der Waals surface area contributed by atoms with E-state index in [1.807, 2.05) is 0 Å². The molecule has 14 amide bonds. The smallest absolute Gasteiger partial charge is 0.414 e. The summed E-state index contributed by atoms with van der Waals surface area (Å²) in [7, 11) is 0. The Kier molecular flexibility index (Phi) is 33.2. The van der Waals surface area contributed by atoms with Crippen molar-refractivity contribution in [3.05, 3.63) is 35.9 Å². The molecule has 0 aliphatic carbocycles. The average molecular weight is 1420 g/mol. The van der Waals surface area contributed by atoms with Crippen LogP contribution in [0.4, 0.5) is 19.2 Å². The number of hydrogen-bond acceptors (Lipinski definition) is 21. The van der Waals surface area contributed by atoms with Crippen LogP contribution >= 0.6 is 0 Å². The van der Waals surface area contributed by atoms with Crippen molar-refractivity contribution in [2.24, 2.45) is 11.7 Å². The summed E-state index contributed by atoms with van der Waals surface area (Å²) in [6, 6.07) is -7.93. The average Bonchev–Trinajstić information content (AvgIpc) is 0.782. The van der Waals surface area contributed by atoms with Gasteiger partial charge in [-0.05, 0) is 140 Å². The van der Waals surface area contributed by atoms with Gasteiger partial charge in [-0.15, -0.1) is 0 Å². The summed E-state index contributed by atoms with van der Waals surface area (Å²) in [5.74, 6) is -10.7. The van der Waals surface area contributed by atoms with Crippen molar-refractivity contribution in [2.75, 3.05) is 39.3 Å². The highest BCUT2D eigenvalue weighted by Gasteiger charge is 2.46. The Morgan fingerprint density at radius 1 is 0.610 bits per heavy atom. The number of nitrogens with two attached hydrogens (primary N) is 1. The molecule has 2 aliphatic heterocycles. The van der Waals surface area contributed by atoms with Crippen LogP contribution in [0.15, 0.2) is 30.3 Å². The van der Waals surface area contributed by atoms with E-state index in [4.69, 9.17) is 24.7 Å². The van der Waals surface area contributed by atoms with Gasteiger partial charge in [-0.25, -0.2) is 19.2 Å². The fraction of sp³-hybridized carbons (Fsp3) is 0.692. The molecule has 2 saturated heterocycles. The molecule has 11 atom stereocenters. The number of alkyl carbamates (subject to hydrolysis) is 3. The molecule has 0 unspecified atom stereocenters. The van der Waals surface area contributed by atoms with E-state index in [2.05, 4.69) is 69.1 Å². The predicted molar refractivity (Wildman–Crippen MR) is 360 cm³/mol. The van der Waals surface area contributed by atoms with Gasteiger partial charge in [0.1, 0.15) is 71.2 Å². The second-order valence-corrected chi connectivity index (χ2v) is 28.2. The van der Waals surface area contributed by atoms with Crippen LogP contribution in [-0.4, -0.2) is 227 Å². The van der Waals surface area contributed by atoms with Gasteiger partial charge in [0.25, 0.3) is 0 Å². The quantitative estimate of drug-likeness (QED) is 0.0500. The molecular weight excluding hydrogens is 1310 g/mol. The van der Waals surface area contributed by atoms with Crippen molar-refractivity contribution < 1.29 is 96.3 Å². The minimum Gasteiger partial charge on any atom is -0.444 e. The zero-order valence-electron chi connectivity index (χ0n) is 60.0. The first-order chi connectivity index (χ1) is 46.4. The molecule has 0 spiro atoms. The molecule has 35 heteroatoms. The van der Waals surface area contributed by atoms with Gasteiger partial charge in [0, 0.05) is 39.1 Å². The SMILES string of the molecule is CC[C@@H]1NC(=O)[C@H](CCNC(=O)OC(C)(C)C)NC(=O)[C@H](CCN2C(=O)OC2(C)C)NC(=O)[C@H](CC(C)C)NC(=O)[C@@H](Cc2ccccc2)NC(=O)[C@H](CCNC(=O)OC(C)(C)C)NC(=O)[C@@H](NC(=O)[C@@H](CO)NC(=O)[C@@H](NC(=O)[C@@H](N)CCNC(=O)OC(C)(C)C)[C@@H](C)O)CCNC1=O. The third kappa shape index (κ3) is 30.6. The van der Waals surface area contributed by atoms with Crippen LogP contribution in [0.5, 0.6) is 0 Å². The number of rotatable bonds is 25. The first kappa shape index (κ1) is 85.1. The minimum atomic E-state index is -1.96. The van der Waals surface area contributed by atoms with E-state index in [1.54, 1.807) is 120 Å². The molecule has 2 heterocycles. The highest BCUT2D eigenvalue weighted by Crippen LogP contribution is 2.29. The number of amides is 14. The molecule has 562 valence electrons. The third-order valence-electron chi connectivity index (χ3n) is 15.0. The molecule has 100 heavy (non-hydrogen) atoms. The summed E-state index contributed by atoms with van der Waals surface area (Å²) in [5, 5.41) is 54.0. The van der Waals surface area contributed by atoms with Crippen molar-refractivity contribution in [1.29, 1.82) is 0 Å². The number of nitrogens with one attached hydrogen (secondary N) is 13. The monoisotopic (exact) mass is 1420 g/mol. The summed E-state index contributed by atoms with van der Waals surface area (Å²) < 4.78 is 21.2. The predicted octanol–water partition coefficient (Wildman–Crippen LogP) is -1.41. The number of carbonyl (C=O) groups excluding carboxylic acids is 14. The minimum absolute atomic E-state index is 0.0708. The summed E-state index contributed by atoms with van der Waals surface area (Å²) in [6.45, 7) is 21.2. The van der Waals surface area contributed by atoms with Gasteiger partial charge in [-0.1, -0.05) is 51.1 Å². The van der Waals surface area contributed by atoms with E-state index in [1.165, 1.54) is 11.8 Å². The van der Waals surface area contributed by atoms with Crippen LogP contribution in [0.25, 0.3) is 0 Å². The van der Waals surface area contributed by atoms with Gasteiger partial charge < -0.3 is 104 Å². The fourth-order valence-electron chi connectivity index (χ4n) is 9.84. The maximum absolute atomic E-state index is 14.9. The molecule has 0 radical (unpaired) electrons. The Morgan fingerprint density at radius 2 is 1.06 bits per heavy atom. The Bertz CT molecular complexity index is 3010. The molecule has 1 aromatic carbocycles. The lowest BCUT2D eigenvalue weighted by Gasteiger charge is -2.46. The number of aliphatic hydroxyl groups is 2. The van der Waals surface area contributed by atoms with Crippen molar-refractivity contribution >= 4 is 83.4 Å². The third-order valence-corrected chi connectivity index (χ3v) is 15.0. The van der Waals surface area contributed by atoms with Gasteiger partial charge in [-0.2, -0.15) is 0 Å². The molecule has 17 N–H and O–H groups in total. The number of ether oxygens (including phenoxy) is 4. The van der Waals surface area contributed by atoms with Crippen LogP contribution in [0, 0.1) is 5.92 Å². The van der Waals surface area contributed by atoms with Gasteiger partial charge >= 0.3 is 24.4 Å². The fourth-order valence-corrected chi connectivity index (χ4v) is 9.84. The van der Waals surface area contributed by atoms with Crippen molar-refractivity contribution in [1.82, 2.24) is 74.0 Å². The Labute approximate surface area is 583 Å². The van der Waals surface area contributed by atoms with Crippen LogP contribution in [0.2, 0.25) is 0 Å². The number of carbonyl (C=O) groups is 14. The lowest BCUT2D eigenvalue weighted by Crippen LogP contribution is -2.64. The first-order valence-corrected chi connectivity index (χ1v) is 33.4. The Balaban J connectivity index is 2.22. The molecule has 0 bridgehead atoms. The van der Waals surface area contributed by atoms with Gasteiger partial charge in [0.15, 0.2) is 5.72 Å². The van der Waals surface area contributed by atoms with Gasteiger partial charge in [-0.3, -0.25) is 52.8 Å². The molecule has 2 fully saturated rings. The standard InChI is InChI=1S/C65H107N15O20/c1-16-39-49(84)67-28-23-40(74-56(91)46(34-81)78-57(92)47(36(4)82)79-48(83)38(66)22-27-68-58(93)97-62(5,6)7)51(86)72-42(25-30-70-60(95)99-64(11,12)13)52(87)77-45(33-37-20-18-17-19-21-37)55(90)76-44(32-35(2)3)54(89)75-43(26-31-80-61(96)100-65(80,14)15)53(88)73-41(50(85)71-39)24-29-69-59(94)98-63(8,9)10/h17-21,35-36,38-47,81-82H,16,22-34,66H2,1-15H3,(H,67,84)(H,68,93)(H,69,94)(H,70,95)(H,71,85)(H,72,86)(H,73,88)(H,74,91)(H,75,89)(H,76,90)(H,77,87)(H,78,92)(H,79,83)/t36-,38+,39+,40+,41+,42+,43+,44+,45-,46-,47+/m1/s1. The summed E-state index contributed by atoms with van der Waals surface area (Å²) in [5.41, 5.74) is 2.67. The molecule has 3 rings (SSSR count). The highest BCUT2D eigenvalue weighted by atomic mass is 16.6. The highest BCUT2D eigenvalue weighted by molar-refractivity contribution is 5.99. The van der Waals surface area contributed by atoms with Crippen molar-refractivity contribution in [2.45, 2.75) is 244 Å². The van der Waals surface area contributed by atoms with E-state index in [0.717, 1.165) is 6.92 Å².